The Hall–Kier alpha value is -1.44. The average Bonchev–Trinajstić information content (AvgIpc) is 3.00. The van der Waals surface area contributed by atoms with Crippen LogP contribution in [0.15, 0.2) is 48.6 Å². The number of nitrogens with one attached hydrogen (secondary N) is 1. The Bertz CT molecular complexity index is 766. The molecule has 0 radical (unpaired) electrons. The molecule has 1 aliphatic heterocycles. The van der Waals surface area contributed by atoms with E-state index in [2.05, 4.69) is 42.6 Å². The molecule has 0 saturated carbocycles. The molecule has 0 spiro atoms. The third kappa shape index (κ3) is 2.07. The number of fused-ring (bicyclic) bond motifs is 3. The van der Waals surface area contributed by atoms with Crippen LogP contribution in [-0.4, -0.2) is 0 Å². The van der Waals surface area contributed by atoms with E-state index in [1.54, 1.807) is 0 Å². The van der Waals surface area contributed by atoms with Crippen LogP contribution >= 0.6 is 23.2 Å². The Labute approximate surface area is 140 Å². The van der Waals surface area contributed by atoms with Gasteiger partial charge in [-0.15, -0.1) is 0 Å². The highest BCUT2D eigenvalue weighted by Gasteiger charge is 2.39. The quantitative estimate of drug-likeness (QED) is 0.620. The lowest BCUT2D eigenvalue weighted by molar-refractivity contribution is 0.425. The van der Waals surface area contributed by atoms with E-state index in [-0.39, 0.29) is 6.04 Å². The van der Waals surface area contributed by atoms with Crippen LogP contribution in [0.5, 0.6) is 0 Å². The van der Waals surface area contributed by atoms with Crippen LogP contribution in [-0.2, 0) is 0 Å². The van der Waals surface area contributed by atoms with Crippen LogP contribution in [0.1, 0.15) is 35.1 Å². The van der Waals surface area contributed by atoms with Gasteiger partial charge in [0.2, 0.25) is 0 Å². The minimum atomic E-state index is 0.221. The van der Waals surface area contributed by atoms with Crippen LogP contribution in [0.2, 0.25) is 10.0 Å². The van der Waals surface area contributed by atoms with Gasteiger partial charge in [0.15, 0.2) is 0 Å². The van der Waals surface area contributed by atoms with Gasteiger partial charge in [-0.1, -0.05) is 59.6 Å². The Morgan fingerprint density at radius 1 is 1.00 bits per heavy atom. The molecule has 0 saturated heterocycles. The molecule has 3 heteroatoms. The van der Waals surface area contributed by atoms with E-state index in [0.29, 0.717) is 11.8 Å². The summed E-state index contributed by atoms with van der Waals surface area (Å²) in [6, 6.07) is 12.5. The standard InChI is InChI=1S/C19H17Cl2N/c1-11-16(20)10-9-14-12-6-4-7-13(12)19(22-18(11)14)15-5-2-3-8-17(15)21/h2-6,8-10,12-13,19,22H,7H2,1H3/t12-,13+,19+/m1/s1. The van der Waals surface area contributed by atoms with Gasteiger partial charge < -0.3 is 5.32 Å². The summed E-state index contributed by atoms with van der Waals surface area (Å²) in [5.74, 6) is 0.946. The van der Waals surface area contributed by atoms with Gasteiger partial charge in [0.25, 0.3) is 0 Å². The Balaban J connectivity index is 1.87. The van der Waals surface area contributed by atoms with Gasteiger partial charge in [-0.3, -0.25) is 0 Å². The second kappa shape index (κ2) is 5.33. The molecule has 1 N–H and O–H groups in total. The molecule has 0 unspecified atom stereocenters. The van der Waals surface area contributed by atoms with Gasteiger partial charge in [0.05, 0.1) is 6.04 Å². The number of rotatable bonds is 1. The van der Waals surface area contributed by atoms with Crippen LogP contribution < -0.4 is 5.32 Å². The summed E-state index contributed by atoms with van der Waals surface area (Å²) < 4.78 is 0. The van der Waals surface area contributed by atoms with Crippen molar-refractivity contribution < 1.29 is 0 Å². The van der Waals surface area contributed by atoms with E-state index in [1.807, 2.05) is 18.2 Å². The minimum absolute atomic E-state index is 0.221. The topological polar surface area (TPSA) is 12.0 Å². The van der Waals surface area contributed by atoms with Gasteiger partial charge in [0, 0.05) is 21.7 Å². The fourth-order valence-corrected chi connectivity index (χ4v) is 4.23. The van der Waals surface area contributed by atoms with Crippen molar-refractivity contribution in [2.75, 3.05) is 5.32 Å². The maximum atomic E-state index is 6.46. The summed E-state index contributed by atoms with van der Waals surface area (Å²) in [6.07, 6.45) is 5.70. The van der Waals surface area contributed by atoms with Gasteiger partial charge in [-0.2, -0.15) is 0 Å². The van der Waals surface area contributed by atoms with Gasteiger partial charge in [-0.05, 0) is 48.1 Å². The van der Waals surface area contributed by atoms with Crippen LogP contribution in [0.4, 0.5) is 5.69 Å². The maximum Gasteiger partial charge on any atom is 0.0568 e. The van der Waals surface area contributed by atoms with E-state index < -0.39 is 0 Å². The lowest BCUT2D eigenvalue weighted by Gasteiger charge is -2.38. The van der Waals surface area contributed by atoms with Crippen molar-refractivity contribution in [3.05, 3.63) is 75.3 Å². The first-order chi connectivity index (χ1) is 10.7. The molecule has 4 rings (SSSR count). The molecule has 112 valence electrons. The van der Waals surface area contributed by atoms with Crippen LogP contribution in [0.25, 0.3) is 0 Å². The molecular weight excluding hydrogens is 313 g/mol. The predicted octanol–water partition coefficient (Wildman–Crippen LogP) is 6.13. The summed E-state index contributed by atoms with van der Waals surface area (Å²) in [4.78, 5) is 0. The highest BCUT2D eigenvalue weighted by Crippen LogP contribution is 2.52. The zero-order valence-electron chi connectivity index (χ0n) is 12.3. The van der Waals surface area contributed by atoms with Crippen molar-refractivity contribution in [2.45, 2.75) is 25.3 Å². The summed E-state index contributed by atoms with van der Waals surface area (Å²) in [7, 11) is 0. The molecule has 2 aliphatic rings. The smallest absolute Gasteiger partial charge is 0.0568 e. The number of allylic oxidation sites excluding steroid dienone is 2. The molecule has 0 aromatic heterocycles. The van der Waals surface area contributed by atoms with Crippen molar-refractivity contribution >= 4 is 28.9 Å². The van der Waals surface area contributed by atoms with E-state index in [1.165, 1.54) is 16.8 Å². The first-order valence-corrected chi connectivity index (χ1v) is 8.39. The normalized spacial score (nSPS) is 25.5. The highest BCUT2D eigenvalue weighted by atomic mass is 35.5. The fourth-order valence-electron chi connectivity index (χ4n) is 3.82. The van der Waals surface area contributed by atoms with Gasteiger partial charge in [0.1, 0.15) is 0 Å². The van der Waals surface area contributed by atoms with E-state index in [9.17, 15) is 0 Å². The molecule has 1 aliphatic carbocycles. The predicted molar refractivity (Wildman–Crippen MR) is 94.0 cm³/mol. The number of anilines is 1. The number of hydrogen-bond acceptors (Lipinski definition) is 1. The van der Waals surface area contributed by atoms with Crippen molar-refractivity contribution in [3.8, 4) is 0 Å². The molecule has 0 fully saturated rings. The molecule has 0 bridgehead atoms. The van der Waals surface area contributed by atoms with Gasteiger partial charge >= 0.3 is 0 Å². The first kappa shape index (κ1) is 14.2. The molecule has 2 aromatic carbocycles. The zero-order chi connectivity index (χ0) is 15.3. The fraction of sp³-hybridized carbons (Fsp3) is 0.263. The molecule has 1 heterocycles. The van der Waals surface area contributed by atoms with Crippen molar-refractivity contribution in [3.63, 3.8) is 0 Å². The Morgan fingerprint density at radius 2 is 1.82 bits per heavy atom. The first-order valence-electron chi connectivity index (χ1n) is 7.63. The molecule has 2 aromatic rings. The van der Waals surface area contributed by atoms with Crippen LogP contribution in [0.3, 0.4) is 0 Å². The summed E-state index contributed by atoms with van der Waals surface area (Å²) in [5, 5.41) is 5.36. The lowest BCUT2D eigenvalue weighted by atomic mass is 9.76. The second-order valence-electron chi connectivity index (χ2n) is 6.13. The zero-order valence-corrected chi connectivity index (χ0v) is 13.8. The molecule has 22 heavy (non-hydrogen) atoms. The van der Waals surface area contributed by atoms with Crippen molar-refractivity contribution in [1.82, 2.24) is 0 Å². The Kier molecular flexibility index (Phi) is 3.43. The monoisotopic (exact) mass is 329 g/mol. The third-order valence-corrected chi connectivity index (χ3v) is 5.73. The Morgan fingerprint density at radius 3 is 2.64 bits per heavy atom. The van der Waals surface area contributed by atoms with Crippen LogP contribution in [0, 0.1) is 12.8 Å². The highest BCUT2D eigenvalue weighted by molar-refractivity contribution is 6.32. The third-order valence-electron chi connectivity index (χ3n) is 4.97. The summed E-state index contributed by atoms with van der Waals surface area (Å²) in [5.41, 5.74) is 4.82. The summed E-state index contributed by atoms with van der Waals surface area (Å²) in [6.45, 7) is 2.08. The van der Waals surface area contributed by atoms with E-state index >= 15 is 0 Å². The average molecular weight is 330 g/mol. The molecule has 3 atom stereocenters. The number of hydrogen-bond donors (Lipinski definition) is 1. The lowest BCUT2D eigenvalue weighted by Crippen LogP contribution is -2.29. The number of halogens is 2. The minimum Gasteiger partial charge on any atom is -0.377 e. The van der Waals surface area contributed by atoms with E-state index in [4.69, 9.17) is 23.2 Å². The van der Waals surface area contributed by atoms with Crippen molar-refractivity contribution in [2.24, 2.45) is 5.92 Å². The summed E-state index contributed by atoms with van der Waals surface area (Å²) >= 11 is 12.8. The molecule has 1 nitrogen and oxygen atoms in total. The van der Waals surface area contributed by atoms with E-state index in [0.717, 1.165) is 22.0 Å². The number of benzene rings is 2. The molecular formula is C19H17Cl2N. The largest absolute Gasteiger partial charge is 0.377 e. The van der Waals surface area contributed by atoms with Crippen molar-refractivity contribution in [1.29, 1.82) is 0 Å². The SMILES string of the molecule is Cc1c(Cl)ccc2c1N[C@H](c1ccccc1Cl)[C@H]1CC=C[C@@H]21. The molecule has 0 amide bonds. The van der Waals surface area contributed by atoms with Gasteiger partial charge in [-0.25, -0.2) is 0 Å². The second-order valence-corrected chi connectivity index (χ2v) is 6.95. The maximum absolute atomic E-state index is 6.46.